The summed E-state index contributed by atoms with van der Waals surface area (Å²) in [7, 11) is 0. The van der Waals surface area contributed by atoms with Crippen molar-refractivity contribution in [3.05, 3.63) is 78.4 Å². The molecule has 0 aliphatic heterocycles. The van der Waals surface area contributed by atoms with Crippen molar-refractivity contribution in [2.75, 3.05) is 0 Å². The van der Waals surface area contributed by atoms with Crippen LogP contribution in [0.5, 0.6) is 0 Å². The number of pyridine rings is 1. The molecule has 6 heteroatoms. The Morgan fingerprint density at radius 1 is 1.18 bits per heavy atom. The number of ether oxygens (including phenoxy) is 1. The van der Waals surface area contributed by atoms with Crippen molar-refractivity contribution in [3.8, 4) is 5.69 Å². The van der Waals surface area contributed by atoms with Crippen molar-refractivity contribution in [2.45, 2.75) is 6.61 Å². The molecule has 0 atom stereocenters. The minimum Gasteiger partial charge on any atom is -0.454 e. The van der Waals surface area contributed by atoms with Crippen molar-refractivity contribution in [1.82, 2.24) is 14.5 Å². The van der Waals surface area contributed by atoms with E-state index in [1.807, 2.05) is 6.07 Å². The van der Waals surface area contributed by atoms with Crippen LogP contribution in [0.15, 0.2) is 61.2 Å². The standard InChI is InChI=1S/C16H12FN3O2/c17-12-4-6-14(7-5-12)20-11-18-9-15(20)16(21)22-10-13-3-1-2-8-19-13/h1-9,11H,10H2. The molecule has 2 heterocycles. The second kappa shape index (κ2) is 6.17. The number of hydrogen-bond acceptors (Lipinski definition) is 4. The maximum atomic E-state index is 13.0. The zero-order valence-electron chi connectivity index (χ0n) is 11.5. The average Bonchev–Trinajstić information content (AvgIpc) is 3.04. The smallest absolute Gasteiger partial charge is 0.357 e. The van der Waals surface area contributed by atoms with Crippen LogP contribution in [0.1, 0.15) is 16.2 Å². The van der Waals surface area contributed by atoms with Gasteiger partial charge in [0, 0.05) is 11.9 Å². The Balaban J connectivity index is 1.76. The van der Waals surface area contributed by atoms with Gasteiger partial charge in [0.25, 0.3) is 0 Å². The summed E-state index contributed by atoms with van der Waals surface area (Å²) in [4.78, 5) is 20.2. The highest BCUT2D eigenvalue weighted by molar-refractivity contribution is 5.88. The van der Waals surface area contributed by atoms with Crippen molar-refractivity contribution in [2.24, 2.45) is 0 Å². The number of esters is 1. The van der Waals surface area contributed by atoms with Gasteiger partial charge in [0.2, 0.25) is 0 Å². The lowest BCUT2D eigenvalue weighted by atomic mass is 10.3. The lowest BCUT2D eigenvalue weighted by Gasteiger charge is -2.08. The molecule has 0 unspecified atom stereocenters. The lowest BCUT2D eigenvalue weighted by molar-refractivity contribution is 0.0458. The zero-order chi connectivity index (χ0) is 15.4. The Morgan fingerprint density at radius 3 is 2.73 bits per heavy atom. The molecular formula is C16H12FN3O2. The Bertz CT molecular complexity index is 770. The van der Waals surface area contributed by atoms with Crippen LogP contribution < -0.4 is 0 Å². The first-order chi connectivity index (χ1) is 10.7. The van der Waals surface area contributed by atoms with Gasteiger partial charge in [-0.15, -0.1) is 0 Å². The molecule has 2 aromatic heterocycles. The highest BCUT2D eigenvalue weighted by Gasteiger charge is 2.15. The maximum absolute atomic E-state index is 13.0. The third kappa shape index (κ3) is 3.01. The highest BCUT2D eigenvalue weighted by atomic mass is 19.1. The SMILES string of the molecule is O=C(OCc1ccccn1)c1cncn1-c1ccc(F)cc1. The Labute approximate surface area is 126 Å². The molecule has 22 heavy (non-hydrogen) atoms. The molecule has 0 aliphatic carbocycles. The monoisotopic (exact) mass is 297 g/mol. The number of hydrogen-bond donors (Lipinski definition) is 0. The van der Waals surface area contributed by atoms with Gasteiger partial charge in [-0.25, -0.2) is 14.2 Å². The van der Waals surface area contributed by atoms with E-state index < -0.39 is 5.97 Å². The Morgan fingerprint density at radius 2 is 2.00 bits per heavy atom. The van der Waals surface area contributed by atoms with Gasteiger partial charge in [-0.3, -0.25) is 9.55 Å². The van der Waals surface area contributed by atoms with E-state index in [4.69, 9.17) is 4.74 Å². The second-order valence-electron chi connectivity index (χ2n) is 4.52. The minimum absolute atomic E-state index is 0.0776. The largest absolute Gasteiger partial charge is 0.454 e. The van der Waals surface area contributed by atoms with Crippen molar-refractivity contribution < 1.29 is 13.9 Å². The van der Waals surface area contributed by atoms with Crippen LogP contribution in [0.25, 0.3) is 5.69 Å². The van der Waals surface area contributed by atoms with E-state index in [1.165, 1.54) is 24.7 Å². The van der Waals surface area contributed by atoms with Crippen LogP contribution in [0.2, 0.25) is 0 Å². The minimum atomic E-state index is -0.521. The summed E-state index contributed by atoms with van der Waals surface area (Å²) in [5, 5.41) is 0. The predicted octanol–water partition coefficient (Wildman–Crippen LogP) is 2.76. The molecule has 3 aromatic rings. The zero-order valence-corrected chi connectivity index (χ0v) is 11.5. The molecule has 0 N–H and O–H groups in total. The van der Waals surface area contributed by atoms with E-state index in [0.29, 0.717) is 11.4 Å². The van der Waals surface area contributed by atoms with Crippen molar-refractivity contribution in [1.29, 1.82) is 0 Å². The Kier molecular flexibility index (Phi) is 3.91. The van der Waals surface area contributed by atoms with Crippen molar-refractivity contribution >= 4 is 5.97 Å². The first kappa shape index (κ1) is 13.9. The van der Waals surface area contributed by atoms with E-state index in [9.17, 15) is 9.18 Å². The summed E-state index contributed by atoms with van der Waals surface area (Å²) in [5.41, 5.74) is 1.55. The molecule has 0 fully saturated rings. The van der Waals surface area contributed by atoms with Crippen LogP contribution in [0, 0.1) is 5.82 Å². The molecule has 110 valence electrons. The highest BCUT2D eigenvalue weighted by Crippen LogP contribution is 2.13. The van der Waals surface area contributed by atoms with Gasteiger partial charge in [-0.1, -0.05) is 6.07 Å². The van der Waals surface area contributed by atoms with E-state index in [-0.39, 0.29) is 18.1 Å². The van der Waals surface area contributed by atoms with Gasteiger partial charge in [0.05, 0.1) is 18.2 Å². The fourth-order valence-electron chi connectivity index (χ4n) is 1.95. The van der Waals surface area contributed by atoms with Crippen LogP contribution in [-0.4, -0.2) is 20.5 Å². The average molecular weight is 297 g/mol. The van der Waals surface area contributed by atoms with Gasteiger partial charge >= 0.3 is 5.97 Å². The molecule has 0 aliphatic rings. The number of halogens is 1. The van der Waals surface area contributed by atoms with Gasteiger partial charge in [-0.2, -0.15) is 0 Å². The number of nitrogens with zero attached hydrogens (tertiary/aromatic N) is 3. The second-order valence-corrected chi connectivity index (χ2v) is 4.52. The van der Waals surface area contributed by atoms with Crippen LogP contribution in [0.3, 0.4) is 0 Å². The first-order valence-corrected chi connectivity index (χ1v) is 6.59. The van der Waals surface area contributed by atoms with Crippen LogP contribution >= 0.6 is 0 Å². The summed E-state index contributed by atoms with van der Waals surface area (Å²) >= 11 is 0. The predicted molar refractivity (Wildman–Crippen MR) is 76.9 cm³/mol. The third-order valence-corrected chi connectivity index (χ3v) is 3.03. The molecule has 0 spiro atoms. The molecule has 0 amide bonds. The molecule has 0 bridgehead atoms. The summed E-state index contributed by atoms with van der Waals surface area (Å²) in [6, 6.07) is 11.1. The van der Waals surface area contributed by atoms with Crippen LogP contribution in [0.4, 0.5) is 4.39 Å². The normalized spacial score (nSPS) is 10.4. The number of benzene rings is 1. The third-order valence-electron chi connectivity index (χ3n) is 3.03. The molecule has 3 rings (SSSR count). The lowest BCUT2D eigenvalue weighted by Crippen LogP contribution is -2.11. The summed E-state index contributed by atoms with van der Waals surface area (Å²) in [6.45, 7) is 0.0776. The topological polar surface area (TPSA) is 57.0 Å². The molecule has 1 aromatic carbocycles. The number of rotatable bonds is 4. The number of carbonyl (C=O) groups is 1. The van der Waals surface area contributed by atoms with Crippen molar-refractivity contribution in [3.63, 3.8) is 0 Å². The van der Waals surface area contributed by atoms with Crippen LogP contribution in [-0.2, 0) is 11.3 Å². The molecule has 0 radical (unpaired) electrons. The summed E-state index contributed by atoms with van der Waals surface area (Å²) in [6.07, 6.45) is 4.51. The van der Waals surface area contributed by atoms with Gasteiger partial charge < -0.3 is 4.74 Å². The summed E-state index contributed by atoms with van der Waals surface area (Å²) < 4.78 is 19.7. The first-order valence-electron chi connectivity index (χ1n) is 6.59. The van der Waals surface area contributed by atoms with Gasteiger partial charge in [-0.05, 0) is 36.4 Å². The number of imidazole rings is 1. The fourth-order valence-corrected chi connectivity index (χ4v) is 1.95. The van der Waals surface area contributed by atoms with E-state index in [2.05, 4.69) is 9.97 Å². The quantitative estimate of drug-likeness (QED) is 0.695. The Hall–Kier alpha value is -3.02. The van der Waals surface area contributed by atoms with Gasteiger partial charge in [0.1, 0.15) is 12.4 Å². The van der Waals surface area contributed by atoms with E-state index in [1.54, 1.807) is 35.0 Å². The number of aromatic nitrogens is 3. The molecule has 0 saturated heterocycles. The fraction of sp³-hybridized carbons (Fsp3) is 0.0625. The van der Waals surface area contributed by atoms with E-state index >= 15 is 0 Å². The molecular weight excluding hydrogens is 285 g/mol. The van der Waals surface area contributed by atoms with E-state index in [0.717, 1.165) is 0 Å². The maximum Gasteiger partial charge on any atom is 0.357 e. The summed E-state index contributed by atoms with van der Waals surface area (Å²) in [5.74, 6) is -0.865. The molecule has 0 saturated carbocycles. The van der Waals surface area contributed by atoms with Gasteiger partial charge in [0.15, 0.2) is 5.69 Å². The molecule has 5 nitrogen and oxygen atoms in total. The number of carbonyl (C=O) groups excluding carboxylic acids is 1.